The molecule has 0 aliphatic heterocycles. The van der Waals surface area contributed by atoms with E-state index in [2.05, 4.69) is 44.6 Å². The number of hydrogen-bond donors (Lipinski definition) is 0. The van der Waals surface area contributed by atoms with Crippen molar-refractivity contribution < 1.29 is 0 Å². The molecule has 0 aromatic heterocycles. The van der Waals surface area contributed by atoms with Gasteiger partial charge in [0.25, 0.3) is 0 Å². The van der Waals surface area contributed by atoms with Crippen molar-refractivity contribution in [3.8, 4) is 6.07 Å². The van der Waals surface area contributed by atoms with E-state index in [0.717, 1.165) is 8.04 Å². The van der Waals surface area contributed by atoms with Crippen molar-refractivity contribution in [2.24, 2.45) is 0 Å². The summed E-state index contributed by atoms with van der Waals surface area (Å²) in [6, 6.07) is 7.68. The first-order chi connectivity index (χ1) is 4.75. The zero-order valence-corrected chi connectivity index (χ0v) is 8.68. The molecule has 0 unspecified atom stereocenters. The van der Waals surface area contributed by atoms with Crippen LogP contribution >= 0.6 is 38.5 Å². The van der Waals surface area contributed by atoms with Crippen molar-refractivity contribution in [3.05, 3.63) is 31.8 Å². The number of nitrogens with zero attached hydrogens (tertiary/aromatic N) is 1. The van der Waals surface area contributed by atoms with Gasteiger partial charge >= 0.3 is 0 Å². The highest BCUT2D eigenvalue weighted by Gasteiger charge is 1.99. The standard InChI is InChI=1S/C7H3BrIN/c8-7-5(4-10)2-1-3-6(7)9/h1-3H. The Kier molecular flexibility index (Phi) is 2.69. The van der Waals surface area contributed by atoms with Crippen LogP contribution in [-0.4, -0.2) is 0 Å². The van der Waals surface area contributed by atoms with Gasteiger partial charge in [0.05, 0.1) is 5.56 Å². The van der Waals surface area contributed by atoms with Gasteiger partial charge in [-0.2, -0.15) is 5.26 Å². The fourth-order valence-electron chi connectivity index (χ4n) is 0.590. The predicted octanol–water partition coefficient (Wildman–Crippen LogP) is 2.93. The van der Waals surface area contributed by atoms with Gasteiger partial charge in [-0.3, -0.25) is 0 Å². The van der Waals surface area contributed by atoms with Gasteiger partial charge in [0, 0.05) is 8.04 Å². The maximum Gasteiger partial charge on any atom is 0.100 e. The zero-order chi connectivity index (χ0) is 7.56. The molecular formula is C7H3BrIN. The molecule has 1 nitrogen and oxygen atoms in total. The minimum absolute atomic E-state index is 0.687. The van der Waals surface area contributed by atoms with Crippen LogP contribution in [0.1, 0.15) is 5.56 Å². The summed E-state index contributed by atoms with van der Waals surface area (Å²) in [6.07, 6.45) is 0. The van der Waals surface area contributed by atoms with Gasteiger partial charge < -0.3 is 0 Å². The van der Waals surface area contributed by atoms with Crippen molar-refractivity contribution in [1.29, 1.82) is 5.26 Å². The average molecular weight is 308 g/mol. The van der Waals surface area contributed by atoms with Crippen LogP contribution in [0.4, 0.5) is 0 Å². The van der Waals surface area contributed by atoms with E-state index in [1.54, 1.807) is 6.07 Å². The Balaban J connectivity index is 3.31. The Hall–Kier alpha value is -0.0800. The van der Waals surface area contributed by atoms with Gasteiger partial charge in [-0.25, -0.2) is 0 Å². The molecule has 0 bridgehead atoms. The molecule has 0 radical (unpaired) electrons. The fourth-order valence-corrected chi connectivity index (χ4v) is 1.44. The van der Waals surface area contributed by atoms with Crippen LogP contribution in [0.2, 0.25) is 0 Å². The van der Waals surface area contributed by atoms with Crippen LogP contribution in [0.15, 0.2) is 22.7 Å². The first-order valence-corrected chi connectivity index (χ1v) is 4.47. The molecule has 0 aliphatic rings. The summed E-state index contributed by atoms with van der Waals surface area (Å²) in [5.41, 5.74) is 0.687. The topological polar surface area (TPSA) is 23.8 Å². The monoisotopic (exact) mass is 307 g/mol. The second kappa shape index (κ2) is 3.35. The molecule has 0 saturated carbocycles. The summed E-state index contributed by atoms with van der Waals surface area (Å²) >= 11 is 5.49. The lowest BCUT2D eigenvalue weighted by atomic mass is 10.2. The third-order valence-corrected chi connectivity index (χ3v) is 3.57. The molecule has 50 valence electrons. The number of benzene rings is 1. The van der Waals surface area contributed by atoms with Crippen molar-refractivity contribution in [2.45, 2.75) is 0 Å². The SMILES string of the molecule is N#Cc1cccc(I)c1Br. The average Bonchev–Trinajstić information content (AvgIpc) is 1.95. The molecule has 3 heteroatoms. The Morgan fingerprint density at radius 3 is 2.70 bits per heavy atom. The van der Waals surface area contributed by atoms with Gasteiger partial charge in [0.2, 0.25) is 0 Å². The third-order valence-electron chi connectivity index (χ3n) is 1.07. The Morgan fingerprint density at radius 1 is 1.50 bits per heavy atom. The molecule has 0 heterocycles. The number of halogens is 2. The van der Waals surface area contributed by atoms with Crippen molar-refractivity contribution >= 4 is 38.5 Å². The highest BCUT2D eigenvalue weighted by molar-refractivity contribution is 14.1. The van der Waals surface area contributed by atoms with E-state index in [1.165, 1.54) is 0 Å². The lowest BCUT2D eigenvalue weighted by Gasteiger charge is -1.95. The molecule has 0 fully saturated rings. The second-order valence-electron chi connectivity index (χ2n) is 1.71. The van der Waals surface area contributed by atoms with Gasteiger partial charge in [0.1, 0.15) is 6.07 Å². The van der Waals surface area contributed by atoms with E-state index in [9.17, 15) is 0 Å². The summed E-state index contributed by atoms with van der Waals surface area (Å²) in [5.74, 6) is 0. The summed E-state index contributed by atoms with van der Waals surface area (Å²) in [5, 5.41) is 8.56. The van der Waals surface area contributed by atoms with Crippen molar-refractivity contribution in [1.82, 2.24) is 0 Å². The lowest BCUT2D eigenvalue weighted by molar-refractivity contribution is 1.45. The molecule has 0 spiro atoms. The quantitative estimate of drug-likeness (QED) is 0.676. The van der Waals surface area contributed by atoms with Gasteiger partial charge in [-0.1, -0.05) is 6.07 Å². The van der Waals surface area contributed by atoms with Crippen LogP contribution in [0.25, 0.3) is 0 Å². The largest absolute Gasteiger partial charge is 0.192 e. The maximum atomic E-state index is 8.56. The van der Waals surface area contributed by atoms with Crippen LogP contribution in [0.5, 0.6) is 0 Å². The van der Waals surface area contributed by atoms with Crippen LogP contribution in [0, 0.1) is 14.9 Å². The predicted molar refractivity (Wildman–Crippen MR) is 51.6 cm³/mol. The summed E-state index contributed by atoms with van der Waals surface area (Å²) < 4.78 is 1.95. The van der Waals surface area contributed by atoms with Gasteiger partial charge in [0.15, 0.2) is 0 Å². The summed E-state index contributed by atoms with van der Waals surface area (Å²) in [7, 11) is 0. The van der Waals surface area contributed by atoms with Crippen LogP contribution in [-0.2, 0) is 0 Å². The van der Waals surface area contributed by atoms with E-state index in [0.29, 0.717) is 5.56 Å². The van der Waals surface area contributed by atoms with E-state index in [4.69, 9.17) is 5.26 Å². The Labute approximate surface area is 81.3 Å². The van der Waals surface area contributed by atoms with Gasteiger partial charge in [-0.15, -0.1) is 0 Å². The van der Waals surface area contributed by atoms with Crippen molar-refractivity contribution in [2.75, 3.05) is 0 Å². The second-order valence-corrected chi connectivity index (χ2v) is 3.67. The molecule has 10 heavy (non-hydrogen) atoms. The van der Waals surface area contributed by atoms with Crippen LogP contribution < -0.4 is 0 Å². The summed E-state index contributed by atoms with van der Waals surface area (Å²) in [4.78, 5) is 0. The third kappa shape index (κ3) is 1.50. The number of nitriles is 1. The molecule has 0 N–H and O–H groups in total. The molecule has 0 atom stereocenters. The minimum Gasteiger partial charge on any atom is -0.192 e. The van der Waals surface area contributed by atoms with Crippen molar-refractivity contribution in [3.63, 3.8) is 0 Å². The van der Waals surface area contributed by atoms with E-state index >= 15 is 0 Å². The molecule has 0 saturated heterocycles. The molecule has 0 amide bonds. The highest BCUT2D eigenvalue weighted by atomic mass is 127. The smallest absolute Gasteiger partial charge is 0.100 e. The Morgan fingerprint density at radius 2 is 2.20 bits per heavy atom. The van der Waals surface area contributed by atoms with Gasteiger partial charge in [-0.05, 0) is 50.7 Å². The zero-order valence-electron chi connectivity index (χ0n) is 4.94. The minimum atomic E-state index is 0.687. The molecule has 1 aromatic carbocycles. The normalized spacial score (nSPS) is 8.90. The molecule has 0 aliphatic carbocycles. The maximum absolute atomic E-state index is 8.56. The lowest BCUT2D eigenvalue weighted by Crippen LogP contribution is -1.79. The summed E-state index contributed by atoms with van der Waals surface area (Å²) in [6.45, 7) is 0. The van der Waals surface area contributed by atoms with E-state index < -0.39 is 0 Å². The highest BCUT2D eigenvalue weighted by Crippen LogP contribution is 2.22. The number of rotatable bonds is 0. The fraction of sp³-hybridized carbons (Fsp3) is 0. The Bertz CT molecular complexity index is 290. The first kappa shape index (κ1) is 8.02. The molecule has 1 aromatic rings. The number of hydrogen-bond acceptors (Lipinski definition) is 1. The van der Waals surface area contributed by atoms with E-state index in [1.807, 2.05) is 12.1 Å². The first-order valence-electron chi connectivity index (χ1n) is 2.60. The van der Waals surface area contributed by atoms with Crippen LogP contribution in [0.3, 0.4) is 0 Å². The molecule has 1 rings (SSSR count). The molecular weight excluding hydrogens is 305 g/mol. The van der Waals surface area contributed by atoms with E-state index in [-0.39, 0.29) is 0 Å².